The minimum absolute atomic E-state index is 0.447. The molecule has 0 spiro atoms. The molecule has 0 aliphatic heterocycles. The maximum atomic E-state index is 9.03. The molecule has 0 amide bonds. The summed E-state index contributed by atoms with van der Waals surface area (Å²) in [6.45, 7) is 7.65. The second-order valence-electron chi connectivity index (χ2n) is 4.80. The Morgan fingerprint density at radius 3 is 2.56 bits per heavy atom. The Labute approximate surface area is 119 Å². The third-order valence-electron chi connectivity index (χ3n) is 2.97. The van der Waals surface area contributed by atoms with Gasteiger partial charge in [0.05, 0.1) is 11.6 Å². The van der Waals surface area contributed by atoms with Crippen LogP contribution in [0.15, 0.2) is 22.7 Å². The Balaban J connectivity index is 2.91. The molecular formula is C15H21BrN2. The summed E-state index contributed by atoms with van der Waals surface area (Å²) in [7, 11) is 0. The largest absolute Gasteiger partial charge is 0.369 e. The maximum Gasteiger partial charge on any atom is 0.0992 e. The molecule has 0 N–H and O–H groups in total. The topological polar surface area (TPSA) is 27.0 Å². The minimum Gasteiger partial charge on any atom is -0.369 e. The summed E-state index contributed by atoms with van der Waals surface area (Å²) in [4.78, 5) is 2.36. The first-order chi connectivity index (χ1) is 8.58. The average Bonchev–Trinajstić information content (AvgIpc) is 2.33. The fourth-order valence-electron chi connectivity index (χ4n) is 2.02. The molecule has 1 aromatic carbocycles. The predicted molar refractivity (Wildman–Crippen MR) is 80.9 cm³/mol. The van der Waals surface area contributed by atoms with E-state index in [9.17, 15) is 0 Å². The fourth-order valence-corrected chi connectivity index (χ4v) is 2.50. The van der Waals surface area contributed by atoms with E-state index >= 15 is 0 Å². The van der Waals surface area contributed by atoms with Gasteiger partial charge < -0.3 is 4.90 Å². The molecule has 0 unspecified atom stereocenters. The second-order valence-corrected chi connectivity index (χ2v) is 5.72. The van der Waals surface area contributed by atoms with Gasteiger partial charge in [-0.05, 0) is 38.5 Å². The van der Waals surface area contributed by atoms with Gasteiger partial charge in [-0.2, -0.15) is 5.26 Å². The summed E-state index contributed by atoms with van der Waals surface area (Å²) in [6.07, 6.45) is 3.68. The summed E-state index contributed by atoms with van der Waals surface area (Å²) >= 11 is 3.48. The van der Waals surface area contributed by atoms with Crippen LogP contribution in [0, 0.1) is 11.3 Å². The molecule has 0 aromatic heterocycles. The van der Waals surface area contributed by atoms with Crippen LogP contribution in [-0.2, 0) is 0 Å². The lowest BCUT2D eigenvalue weighted by Gasteiger charge is -2.29. The van der Waals surface area contributed by atoms with Crippen molar-refractivity contribution in [3.8, 4) is 6.07 Å². The highest BCUT2D eigenvalue weighted by atomic mass is 79.9. The normalized spacial score (nSPS) is 10.4. The first-order valence-electron chi connectivity index (χ1n) is 6.55. The Morgan fingerprint density at radius 1 is 1.28 bits per heavy atom. The Bertz CT molecular complexity index is 421. The highest BCUT2D eigenvalue weighted by molar-refractivity contribution is 9.10. The van der Waals surface area contributed by atoms with Crippen LogP contribution in [0.25, 0.3) is 0 Å². The molecule has 0 aliphatic carbocycles. The fraction of sp³-hybridized carbons (Fsp3) is 0.533. The molecule has 0 bridgehead atoms. The van der Waals surface area contributed by atoms with Crippen LogP contribution < -0.4 is 4.90 Å². The standard InChI is InChI=1S/C15H21BrN2/c1-4-5-6-7-18(12(2)3)15-9-13(11-17)8-14(16)10-15/h8-10,12H,4-7H2,1-3H3. The van der Waals surface area contributed by atoms with Crippen LogP contribution in [0.1, 0.15) is 45.6 Å². The van der Waals surface area contributed by atoms with E-state index in [1.54, 1.807) is 0 Å². The Hall–Kier alpha value is -1.01. The van der Waals surface area contributed by atoms with Crippen LogP contribution in [-0.4, -0.2) is 12.6 Å². The SMILES string of the molecule is CCCCCN(c1cc(Br)cc(C#N)c1)C(C)C. The molecular weight excluding hydrogens is 288 g/mol. The molecule has 0 heterocycles. The zero-order chi connectivity index (χ0) is 13.5. The van der Waals surface area contributed by atoms with Crippen molar-refractivity contribution in [1.29, 1.82) is 5.26 Å². The van der Waals surface area contributed by atoms with Crippen LogP contribution in [0.5, 0.6) is 0 Å². The number of nitriles is 1. The lowest BCUT2D eigenvalue weighted by atomic mass is 10.1. The lowest BCUT2D eigenvalue weighted by Crippen LogP contribution is -2.31. The van der Waals surface area contributed by atoms with Crippen molar-refractivity contribution < 1.29 is 0 Å². The van der Waals surface area contributed by atoms with E-state index < -0.39 is 0 Å². The molecule has 0 radical (unpaired) electrons. The van der Waals surface area contributed by atoms with Gasteiger partial charge in [-0.25, -0.2) is 0 Å². The van der Waals surface area contributed by atoms with Crippen molar-refractivity contribution in [2.75, 3.05) is 11.4 Å². The maximum absolute atomic E-state index is 9.03. The van der Waals surface area contributed by atoms with Crippen LogP contribution in [0.4, 0.5) is 5.69 Å². The molecule has 0 saturated carbocycles. The molecule has 1 aromatic rings. The van der Waals surface area contributed by atoms with E-state index in [0.717, 1.165) is 16.7 Å². The second kappa shape index (κ2) is 7.43. The number of hydrogen-bond acceptors (Lipinski definition) is 2. The molecule has 0 fully saturated rings. The summed E-state index contributed by atoms with van der Waals surface area (Å²) in [5, 5.41) is 9.03. The monoisotopic (exact) mass is 308 g/mol. The first-order valence-corrected chi connectivity index (χ1v) is 7.35. The van der Waals surface area contributed by atoms with E-state index in [-0.39, 0.29) is 0 Å². The number of anilines is 1. The van der Waals surface area contributed by atoms with Crippen LogP contribution in [0.2, 0.25) is 0 Å². The molecule has 98 valence electrons. The summed E-state index contributed by atoms with van der Waals surface area (Å²) in [6, 6.07) is 8.57. The summed E-state index contributed by atoms with van der Waals surface area (Å²) in [5.74, 6) is 0. The Morgan fingerprint density at radius 2 is 2.00 bits per heavy atom. The van der Waals surface area contributed by atoms with Crippen molar-refractivity contribution in [2.24, 2.45) is 0 Å². The molecule has 0 saturated heterocycles. The molecule has 0 aliphatic rings. The van der Waals surface area contributed by atoms with Gasteiger partial charge >= 0.3 is 0 Å². The van der Waals surface area contributed by atoms with Crippen LogP contribution >= 0.6 is 15.9 Å². The number of rotatable bonds is 6. The molecule has 18 heavy (non-hydrogen) atoms. The third-order valence-corrected chi connectivity index (χ3v) is 3.43. The molecule has 1 rings (SSSR count). The van der Waals surface area contributed by atoms with Gasteiger partial charge in [0.25, 0.3) is 0 Å². The van der Waals surface area contributed by atoms with Gasteiger partial charge in [0.2, 0.25) is 0 Å². The van der Waals surface area contributed by atoms with E-state index in [1.807, 2.05) is 12.1 Å². The van der Waals surface area contributed by atoms with E-state index in [4.69, 9.17) is 5.26 Å². The highest BCUT2D eigenvalue weighted by Gasteiger charge is 2.11. The van der Waals surface area contributed by atoms with Gasteiger partial charge in [0, 0.05) is 22.7 Å². The summed E-state index contributed by atoms with van der Waals surface area (Å²) in [5.41, 5.74) is 1.84. The molecule has 3 heteroatoms. The Kier molecular flexibility index (Phi) is 6.21. The van der Waals surface area contributed by atoms with E-state index in [1.165, 1.54) is 19.3 Å². The third kappa shape index (κ3) is 4.34. The van der Waals surface area contributed by atoms with Gasteiger partial charge in [-0.1, -0.05) is 35.7 Å². The van der Waals surface area contributed by atoms with Gasteiger partial charge in [0.1, 0.15) is 0 Å². The summed E-state index contributed by atoms with van der Waals surface area (Å²) < 4.78 is 0.970. The average molecular weight is 309 g/mol. The zero-order valence-corrected chi connectivity index (χ0v) is 13.0. The van der Waals surface area contributed by atoms with E-state index in [0.29, 0.717) is 11.6 Å². The van der Waals surface area contributed by atoms with Crippen molar-refractivity contribution in [3.63, 3.8) is 0 Å². The number of halogens is 1. The van der Waals surface area contributed by atoms with Gasteiger partial charge in [-0.3, -0.25) is 0 Å². The molecule has 2 nitrogen and oxygen atoms in total. The first kappa shape index (κ1) is 15.0. The predicted octanol–water partition coefficient (Wildman–Crippen LogP) is 4.73. The smallest absolute Gasteiger partial charge is 0.0992 e. The highest BCUT2D eigenvalue weighted by Crippen LogP contribution is 2.24. The van der Waals surface area contributed by atoms with Crippen molar-refractivity contribution in [1.82, 2.24) is 0 Å². The minimum atomic E-state index is 0.447. The number of hydrogen-bond donors (Lipinski definition) is 0. The van der Waals surface area contributed by atoms with E-state index in [2.05, 4.69) is 53.7 Å². The molecule has 0 atom stereocenters. The van der Waals surface area contributed by atoms with Crippen molar-refractivity contribution in [2.45, 2.75) is 46.1 Å². The lowest BCUT2D eigenvalue weighted by molar-refractivity contribution is 0.626. The zero-order valence-electron chi connectivity index (χ0n) is 11.4. The number of nitrogens with zero attached hydrogens (tertiary/aromatic N) is 2. The van der Waals surface area contributed by atoms with Crippen molar-refractivity contribution >= 4 is 21.6 Å². The van der Waals surface area contributed by atoms with Crippen LogP contribution in [0.3, 0.4) is 0 Å². The number of benzene rings is 1. The van der Waals surface area contributed by atoms with Gasteiger partial charge in [0.15, 0.2) is 0 Å². The van der Waals surface area contributed by atoms with Gasteiger partial charge in [-0.15, -0.1) is 0 Å². The quantitative estimate of drug-likeness (QED) is 0.711. The van der Waals surface area contributed by atoms with Crippen molar-refractivity contribution in [3.05, 3.63) is 28.2 Å². The number of unbranched alkanes of at least 4 members (excludes halogenated alkanes) is 2.